The highest BCUT2D eigenvalue weighted by Crippen LogP contribution is 2.68. The van der Waals surface area contributed by atoms with E-state index in [-0.39, 0.29) is 17.5 Å². The van der Waals surface area contributed by atoms with Crippen LogP contribution >= 0.6 is 0 Å². The van der Waals surface area contributed by atoms with Crippen molar-refractivity contribution < 1.29 is 9.53 Å². The van der Waals surface area contributed by atoms with Crippen LogP contribution in [-0.4, -0.2) is 12.1 Å². The molecule has 4 fully saturated rings. The molecule has 0 saturated heterocycles. The second-order valence-electron chi connectivity index (χ2n) is 13.3. The smallest absolute Gasteiger partial charge is 0.305 e. The second kappa shape index (κ2) is 9.61. The molecular formula is C30H52O2. The lowest BCUT2D eigenvalue weighted by molar-refractivity contribution is -0.191. The third kappa shape index (κ3) is 4.19. The topological polar surface area (TPSA) is 26.3 Å². The Kier molecular flexibility index (Phi) is 7.39. The first-order valence-corrected chi connectivity index (χ1v) is 14.4. The maximum atomic E-state index is 12.3. The molecule has 4 rings (SSSR count). The summed E-state index contributed by atoms with van der Waals surface area (Å²) in [7, 11) is 0. The van der Waals surface area contributed by atoms with Crippen LogP contribution < -0.4 is 0 Å². The van der Waals surface area contributed by atoms with Crippen molar-refractivity contribution >= 4 is 5.97 Å². The van der Waals surface area contributed by atoms with Gasteiger partial charge in [-0.05, 0) is 105 Å². The molecule has 4 aliphatic carbocycles. The predicted octanol–water partition coefficient (Wildman–Crippen LogP) is 8.43. The zero-order valence-electron chi connectivity index (χ0n) is 22.1. The molecule has 0 heterocycles. The Labute approximate surface area is 199 Å². The fourth-order valence-corrected chi connectivity index (χ4v) is 9.74. The van der Waals surface area contributed by atoms with Crippen molar-refractivity contribution in [2.75, 3.05) is 0 Å². The Morgan fingerprint density at radius 1 is 0.938 bits per heavy atom. The molecule has 1 unspecified atom stereocenters. The van der Waals surface area contributed by atoms with Crippen molar-refractivity contribution in [1.82, 2.24) is 0 Å². The van der Waals surface area contributed by atoms with Gasteiger partial charge in [-0.2, -0.15) is 0 Å². The van der Waals surface area contributed by atoms with Crippen LogP contribution in [0.15, 0.2) is 0 Å². The fraction of sp³-hybridized carbons (Fsp3) is 0.967. The average molecular weight is 445 g/mol. The molecule has 0 aromatic carbocycles. The number of esters is 1. The number of hydrogen-bond acceptors (Lipinski definition) is 2. The van der Waals surface area contributed by atoms with Crippen LogP contribution in [0.1, 0.15) is 125 Å². The van der Waals surface area contributed by atoms with Gasteiger partial charge in [-0.3, -0.25) is 4.79 Å². The monoisotopic (exact) mass is 444 g/mol. The van der Waals surface area contributed by atoms with E-state index in [1.165, 1.54) is 70.6 Å². The maximum Gasteiger partial charge on any atom is 0.305 e. The molecule has 0 aromatic heterocycles. The zero-order valence-corrected chi connectivity index (χ0v) is 22.1. The van der Waals surface area contributed by atoms with E-state index in [1.54, 1.807) is 0 Å². The molecule has 0 N–H and O–H groups in total. The van der Waals surface area contributed by atoms with Gasteiger partial charge in [-0.1, -0.05) is 60.8 Å². The standard InChI is InChI=1S/C30H52O2/c1-7-28(31)32-27-13-9-12-22-14-15-23-25-17-16-24(21(4)11-8-10-20(2)3)29(25,5)19-18-26(23)30(22,27)6/h20-27H,7-19H2,1-6H3/t21-,22+,23+,24-,25-,26-,27?,29+,30-/m0/s1. The quantitative estimate of drug-likeness (QED) is 0.368. The molecule has 0 spiro atoms. The Bertz CT molecular complexity index is 655. The van der Waals surface area contributed by atoms with Gasteiger partial charge in [0.05, 0.1) is 0 Å². The van der Waals surface area contributed by atoms with Gasteiger partial charge in [0.15, 0.2) is 0 Å². The summed E-state index contributed by atoms with van der Waals surface area (Å²) in [6.07, 6.45) is 17.1. The van der Waals surface area contributed by atoms with Gasteiger partial charge >= 0.3 is 5.97 Å². The molecule has 2 heteroatoms. The van der Waals surface area contributed by atoms with Crippen LogP contribution in [0.2, 0.25) is 0 Å². The van der Waals surface area contributed by atoms with Crippen LogP contribution in [0.3, 0.4) is 0 Å². The van der Waals surface area contributed by atoms with Crippen molar-refractivity contribution in [3.8, 4) is 0 Å². The summed E-state index contributed by atoms with van der Waals surface area (Å²) >= 11 is 0. The van der Waals surface area contributed by atoms with Crippen LogP contribution in [-0.2, 0) is 9.53 Å². The Balaban J connectivity index is 1.51. The van der Waals surface area contributed by atoms with E-state index in [9.17, 15) is 4.79 Å². The minimum absolute atomic E-state index is 0.0239. The number of hydrogen-bond donors (Lipinski definition) is 0. The maximum absolute atomic E-state index is 12.3. The molecule has 0 amide bonds. The molecule has 0 aliphatic heterocycles. The Morgan fingerprint density at radius 3 is 2.44 bits per heavy atom. The van der Waals surface area contributed by atoms with Gasteiger partial charge in [0.1, 0.15) is 6.10 Å². The van der Waals surface area contributed by atoms with Crippen LogP contribution in [0.4, 0.5) is 0 Å². The predicted molar refractivity (Wildman–Crippen MR) is 133 cm³/mol. The highest BCUT2D eigenvalue weighted by atomic mass is 16.5. The van der Waals surface area contributed by atoms with Gasteiger partial charge in [-0.15, -0.1) is 0 Å². The van der Waals surface area contributed by atoms with E-state index in [4.69, 9.17) is 4.74 Å². The number of carbonyl (C=O) groups excluding carboxylic acids is 1. The summed E-state index contributed by atoms with van der Waals surface area (Å²) in [5.74, 6) is 5.96. The second-order valence-corrected chi connectivity index (χ2v) is 13.3. The van der Waals surface area contributed by atoms with Crippen LogP contribution in [0.25, 0.3) is 0 Å². The molecule has 2 nitrogen and oxygen atoms in total. The molecule has 4 aliphatic rings. The number of ether oxygens (including phenoxy) is 1. The first-order chi connectivity index (χ1) is 15.2. The summed E-state index contributed by atoms with van der Waals surface area (Å²) in [5, 5.41) is 0. The van der Waals surface area contributed by atoms with Crippen LogP contribution in [0.5, 0.6) is 0 Å². The van der Waals surface area contributed by atoms with E-state index < -0.39 is 0 Å². The summed E-state index contributed by atoms with van der Waals surface area (Å²) in [5.41, 5.74) is 0.764. The molecular weight excluding hydrogens is 392 g/mol. The van der Waals surface area contributed by atoms with Crippen molar-refractivity contribution in [1.29, 1.82) is 0 Å². The largest absolute Gasteiger partial charge is 0.462 e. The molecule has 32 heavy (non-hydrogen) atoms. The van der Waals surface area contributed by atoms with Crippen molar-refractivity contribution in [2.45, 2.75) is 131 Å². The molecule has 184 valence electrons. The molecule has 0 radical (unpaired) electrons. The van der Waals surface area contributed by atoms with E-state index in [0.29, 0.717) is 11.8 Å². The fourth-order valence-electron chi connectivity index (χ4n) is 9.74. The van der Waals surface area contributed by atoms with Crippen LogP contribution in [0, 0.1) is 52.3 Å². The lowest BCUT2D eigenvalue weighted by Gasteiger charge is -2.62. The average Bonchev–Trinajstić information content (AvgIpc) is 3.11. The third-order valence-electron chi connectivity index (χ3n) is 11.4. The first kappa shape index (κ1) is 24.6. The number of fused-ring (bicyclic) bond motifs is 5. The lowest BCUT2D eigenvalue weighted by atomic mass is 9.44. The Hall–Kier alpha value is -0.530. The van der Waals surface area contributed by atoms with Gasteiger partial charge < -0.3 is 4.74 Å². The number of carbonyl (C=O) groups is 1. The highest BCUT2D eigenvalue weighted by molar-refractivity contribution is 5.69. The summed E-state index contributed by atoms with van der Waals surface area (Å²) in [4.78, 5) is 12.3. The molecule has 0 bridgehead atoms. The van der Waals surface area contributed by atoms with Crippen molar-refractivity contribution in [2.24, 2.45) is 52.3 Å². The normalized spacial score (nSPS) is 44.5. The van der Waals surface area contributed by atoms with E-state index in [0.717, 1.165) is 47.8 Å². The van der Waals surface area contributed by atoms with Gasteiger partial charge in [0.2, 0.25) is 0 Å². The first-order valence-electron chi connectivity index (χ1n) is 14.4. The van der Waals surface area contributed by atoms with E-state index in [1.807, 2.05) is 6.92 Å². The van der Waals surface area contributed by atoms with Crippen molar-refractivity contribution in [3.05, 3.63) is 0 Å². The minimum Gasteiger partial charge on any atom is -0.462 e. The van der Waals surface area contributed by atoms with E-state index in [2.05, 4.69) is 34.6 Å². The Morgan fingerprint density at radius 2 is 1.72 bits per heavy atom. The lowest BCUT2D eigenvalue weighted by Crippen LogP contribution is -2.58. The minimum atomic E-state index is 0.0239. The highest BCUT2D eigenvalue weighted by Gasteiger charge is 2.62. The van der Waals surface area contributed by atoms with Gasteiger partial charge in [0, 0.05) is 11.8 Å². The zero-order chi connectivity index (χ0) is 23.1. The van der Waals surface area contributed by atoms with Gasteiger partial charge in [0.25, 0.3) is 0 Å². The number of rotatable bonds is 7. The van der Waals surface area contributed by atoms with Crippen molar-refractivity contribution in [3.63, 3.8) is 0 Å². The molecule has 0 aromatic rings. The third-order valence-corrected chi connectivity index (χ3v) is 11.4. The molecule has 9 atom stereocenters. The SMILES string of the molecule is CCC(=O)OC1CCC[C@@H]2CC[C@@H]3[C@@H]4CC[C@@H]([C@@H](C)CCCC(C)C)[C@@]4(C)CC[C@@H]3[C@@]12C. The van der Waals surface area contributed by atoms with E-state index >= 15 is 0 Å². The summed E-state index contributed by atoms with van der Waals surface area (Å²) in [6, 6.07) is 0. The van der Waals surface area contributed by atoms with Gasteiger partial charge in [-0.25, -0.2) is 0 Å². The summed E-state index contributed by atoms with van der Waals surface area (Å²) in [6.45, 7) is 14.5. The molecule has 4 saturated carbocycles. The summed E-state index contributed by atoms with van der Waals surface area (Å²) < 4.78 is 6.18.